The molecule has 0 fully saturated rings. The van der Waals surface area contributed by atoms with E-state index in [9.17, 15) is 10.2 Å². The zero-order chi connectivity index (χ0) is 13.8. The predicted octanol–water partition coefficient (Wildman–Crippen LogP) is 0.696. The normalized spacial score (nSPS) is 11.8. The third-order valence-corrected chi connectivity index (χ3v) is 2.93. The number of pyridine rings is 1. The molecule has 102 valence electrons. The Morgan fingerprint density at radius 2 is 2.00 bits per heavy atom. The smallest absolute Gasteiger partial charge is 0.141 e. The molecule has 5 heteroatoms. The van der Waals surface area contributed by atoms with E-state index >= 15 is 0 Å². The van der Waals surface area contributed by atoms with E-state index in [1.807, 2.05) is 13.8 Å². The molecular weight excluding hydrogens is 232 g/mol. The van der Waals surface area contributed by atoms with Gasteiger partial charge in [0.25, 0.3) is 0 Å². The highest BCUT2D eigenvalue weighted by molar-refractivity contribution is 5.40. The van der Waals surface area contributed by atoms with Crippen LogP contribution in [0.2, 0.25) is 0 Å². The van der Waals surface area contributed by atoms with Gasteiger partial charge in [-0.1, -0.05) is 13.8 Å². The molecule has 0 radical (unpaired) electrons. The fourth-order valence-electron chi connectivity index (χ4n) is 1.60. The van der Waals surface area contributed by atoms with Gasteiger partial charge < -0.3 is 20.6 Å². The van der Waals surface area contributed by atoms with Gasteiger partial charge in [0.05, 0.1) is 12.3 Å². The minimum Gasteiger partial charge on any atom is -0.506 e. The van der Waals surface area contributed by atoms with Crippen LogP contribution in [0.3, 0.4) is 0 Å². The third kappa shape index (κ3) is 3.66. The number of hydrogen-bond donors (Lipinski definition) is 4. The molecule has 0 aliphatic carbocycles. The molecule has 0 aliphatic rings. The number of rotatable bonds is 6. The Morgan fingerprint density at radius 3 is 2.56 bits per heavy atom. The summed E-state index contributed by atoms with van der Waals surface area (Å²) < 4.78 is 0. The molecule has 0 atom stereocenters. The first-order valence-corrected chi connectivity index (χ1v) is 6.00. The first kappa shape index (κ1) is 14.9. The van der Waals surface area contributed by atoms with Gasteiger partial charge in [-0.25, -0.2) is 0 Å². The summed E-state index contributed by atoms with van der Waals surface area (Å²) in [7, 11) is 0. The van der Waals surface area contributed by atoms with E-state index in [0.717, 1.165) is 0 Å². The SMILES string of the molecule is Cc1ncc(CO)c(CNCC(C)(C)CO)c1O. The molecule has 0 aromatic carbocycles. The van der Waals surface area contributed by atoms with Crippen LogP contribution in [-0.2, 0) is 13.2 Å². The second-order valence-corrected chi connectivity index (χ2v) is 5.28. The van der Waals surface area contributed by atoms with Gasteiger partial charge in [0.15, 0.2) is 0 Å². The summed E-state index contributed by atoms with van der Waals surface area (Å²) in [5.74, 6) is 0.121. The van der Waals surface area contributed by atoms with E-state index in [0.29, 0.717) is 29.9 Å². The van der Waals surface area contributed by atoms with Crippen LogP contribution in [0.5, 0.6) is 5.75 Å². The van der Waals surface area contributed by atoms with Crippen molar-refractivity contribution in [2.45, 2.75) is 33.9 Å². The van der Waals surface area contributed by atoms with E-state index in [-0.39, 0.29) is 24.4 Å². The highest BCUT2D eigenvalue weighted by Crippen LogP contribution is 2.24. The van der Waals surface area contributed by atoms with E-state index in [1.54, 1.807) is 13.1 Å². The summed E-state index contributed by atoms with van der Waals surface area (Å²) in [6.07, 6.45) is 1.57. The zero-order valence-electron chi connectivity index (χ0n) is 11.2. The van der Waals surface area contributed by atoms with E-state index in [4.69, 9.17) is 5.11 Å². The Kier molecular flexibility index (Phi) is 5.07. The van der Waals surface area contributed by atoms with Crippen molar-refractivity contribution < 1.29 is 15.3 Å². The quantitative estimate of drug-likeness (QED) is 0.600. The molecule has 0 amide bonds. The fraction of sp³-hybridized carbons (Fsp3) is 0.615. The number of hydrogen-bond acceptors (Lipinski definition) is 5. The molecule has 1 rings (SSSR count). The van der Waals surface area contributed by atoms with Crippen LogP contribution in [0.15, 0.2) is 6.20 Å². The van der Waals surface area contributed by atoms with Crippen molar-refractivity contribution in [3.8, 4) is 5.75 Å². The predicted molar refractivity (Wildman–Crippen MR) is 69.1 cm³/mol. The molecule has 0 saturated carbocycles. The lowest BCUT2D eigenvalue weighted by Gasteiger charge is -2.22. The molecule has 1 aromatic heterocycles. The second-order valence-electron chi connectivity index (χ2n) is 5.28. The van der Waals surface area contributed by atoms with Crippen LogP contribution in [0.25, 0.3) is 0 Å². The van der Waals surface area contributed by atoms with E-state index in [1.165, 1.54) is 0 Å². The van der Waals surface area contributed by atoms with Crippen LogP contribution in [0, 0.1) is 12.3 Å². The van der Waals surface area contributed by atoms with Gasteiger partial charge in [-0.2, -0.15) is 0 Å². The average molecular weight is 254 g/mol. The van der Waals surface area contributed by atoms with Crippen molar-refractivity contribution in [2.24, 2.45) is 5.41 Å². The monoisotopic (exact) mass is 254 g/mol. The number of nitrogens with one attached hydrogen (secondary N) is 1. The fourth-order valence-corrected chi connectivity index (χ4v) is 1.60. The molecular formula is C13H22N2O3. The summed E-state index contributed by atoms with van der Waals surface area (Å²) >= 11 is 0. The Bertz CT molecular complexity index is 405. The van der Waals surface area contributed by atoms with Gasteiger partial charge in [0, 0.05) is 42.4 Å². The summed E-state index contributed by atoms with van der Waals surface area (Å²) in [6, 6.07) is 0. The van der Waals surface area contributed by atoms with Gasteiger partial charge in [-0.05, 0) is 6.92 Å². The Labute approximate surface area is 108 Å². The molecule has 5 nitrogen and oxygen atoms in total. The number of aromatic hydroxyl groups is 1. The summed E-state index contributed by atoms with van der Waals surface area (Å²) in [6.45, 7) is 6.62. The van der Waals surface area contributed by atoms with Gasteiger partial charge in [-0.3, -0.25) is 4.98 Å². The number of aryl methyl sites for hydroxylation is 1. The number of nitrogens with zero attached hydrogens (tertiary/aromatic N) is 1. The van der Waals surface area contributed by atoms with Crippen molar-refractivity contribution >= 4 is 0 Å². The number of aromatic nitrogens is 1. The highest BCUT2D eigenvalue weighted by Gasteiger charge is 2.17. The largest absolute Gasteiger partial charge is 0.506 e. The van der Waals surface area contributed by atoms with Crippen LogP contribution < -0.4 is 5.32 Å². The maximum absolute atomic E-state index is 9.93. The molecule has 0 saturated heterocycles. The summed E-state index contributed by atoms with van der Waals surface area (Å²) in [4.78, 5) is 4.01. The highest BCUT2D eigenvalue weighted by atomic mass is 16.3. The molecule has 4 N–H and O–H groups in total. The lowest BCUT2D eigenvalue weighted by Crippen LogP contribution is -2.32. The number of aliphatic hydroxyl groups is 2. The molecule has 0 unspecified atom stereocenters. The lowest BCUT2D eigenvalue weighted by atomic mass is 9.95. The molecule has 1 aromatic rings. The maximum atomic E-state index is 9.93. The zero-order valence-corrected chi connectivity index (χ0v) is 11.2. The van der Waals surface area contributed by atoms with Crippen LogP contribution in [-0.4, -0.2) is 33.5 Å². The Balaban J connectivity index is 2.75. The third-order valence-electron chi connectivity index (χ3n) is 2.93. The van der Waals surface area contributed by atoms with E-state index in [2.05, 4.69) is 10.3 Å². The minimum atomic E-state index is -0.211. The minimum absolute atomic E-state index is 0.0915. The molecule has 1 heterocycles. The summed E-state index contributed by atoms with van der Waals surface area (Å²) in [5.41, 5.74) is 1.62. The molecule has 18 heavy (non-hydrogen) atoms. The van der Waals surface area contributed by atoms with Crippen LogP contribution >= 0.6 is 0 Å². The van der Waals surface area contributed by atoms with Crippen molar-refractivity contribution in [2.75, 3.05) is 13.2 Å². The Morgan fingerprint density at radius 1 is 1.33 bits per heavy atom. The average Bonchev–Trinajstić information content (AvgIpc) is 2.34. The topological polar surface area (TPSA) is 85.6 Å². The standard InChI is InChI=1S/C13H22N2O3/c1-9-12(18)11(10(6-16)4-15-9)5-14-7-13(2,3)8-17/h4,14,16-18H,5-8H2,1-3H3. The van der Waals surface area contributed by atoms with Crippen molar-refractivity contribution in [3.05, 3.63) is 23.0 Å². The van der Waals surface area contributed by atoms with E-state index < -0.39 is 0 Å². The van der Waals surface area contributed by atoms with Gasteiger partial charge in [0.1, 0.15) is 5.75 Å². The van der Waals surface area contributed by atoms with Crippen LogP contribution in [0.4, 0.5) is 0 Å². The van der Waals surface area contributed by atoms with Crippen molar-refractivity contribution in [3.63, 3.8) is 0 Å². The molecule has 0 aliphatic heterocycles. The molecule has 0 bridgehead atoms. The van der Waals surface area contributed by atoms with Crippen LogP contribution in [0.1, 0.15) is 30.7 Å². The van der Waals surface area contributed by atoms with Gasteiger partial charge in [-0.15, -0.1) is 0 Å². The van der Waals surface area contributed by atoms with Crippen molar-refractivity contribution in [1.82, 2.24) is 10.3 Å². The lowest BCUT2D eigenvalue weighted by molar-refractivity contribution is 0.156. The number of aliphatic hydroxyl groups excluding tert-OH is 2. The summed E-state index contributed by atoms with van der Waals surface area (Å²) in [5, 5.41) is 31.5. The van der Waals surface area contributed by atoms with Crippen molar-refractivity contribution in [1.29, 1.82) is 0 Å². The second kappa shape index (κ2) is 6.13. The van der Waals surface area contributed by atoms with Gasteiger partial charge in [0.2, 0.25) is 0 Å². The molecule has 0 spiro atoms. The Hall–Kier alpha value is -1.17. The maximum Gasteiger partial charge on any atom is 0.141 e. The first-order valence-electron chi connectivity index (χ1n) is 6.00. The van der Waals surface area contributed by atoms with Gasteiger partial charge >= 0.3 is 0 Å². The first-order chi connectivity index (χ1) is 8.41.